The summed E-state index contributed by atoms with van der Waals surface area (Å²) in [7, 11) is -0.753. The number of esters is 1. The maximum atomic E-state index is 12.9. The van der Waals surface area contributed by atoms with Crippen molar-refractivity contribution in [1.29, 1.82) is 0 Å². The zero-order valence-corrected chi connectivity index (χ0v) is 13.2. The van der Waals surface area contributed by atoms with Crippen molar-refractivity contribution in [3.63, 3.8) is 0 Å². The molecule has 118 valence electrons. The number of ether oxygens (including phenoxy) is 1. The molecular formula is C14H20FNO4S. The standard InChI is InChI=1S/C14H20FNO4S/c1-11(12-6-8-13(15)9-7-12)16(2)21(18,19)10-4-5-14(17)20-3/h6-9,11H,4-5,10H2,1-3H3. The number of rotatable bonds is 7. The van der Waals surface area contributed by atoms with E-state index in [4.69, 9.17) is 0 Å². The van der Waals surface area contributed by atoms with Gasteiger partial charge in [0.1, 0.15) is 5.82 Å². The molecule has 21 heavy (non-hydrogen) atoms. The first kappa shape index (κ1) is 17.6. The van der Waals surface area contributed by atoms with Crippen LogP contribution in [0.4, 0.5) is 4.39 Å². The second-order valence-corrected chi connectivity index (χ2v) is 6.89. The van der Waals surface area contributed by atoms with E-state index in [0.29, 0.717) is 5.56 Å². The Hall–Kier alpha value is -1.47. The van der Waals surface area contributed by atoms with E-state index in [-0.39, 0.29) is 24.4 Å². The first-order valence-corrected chi connectivity index (χ1v) is 8.17. The zero-order chi connectivity index (χ0) is 16.0. The second kappa shape index (κ2) is 7.51. The van der Waals surface area contributed by atoms with Crippen LogP contribution in [0.1, 0.15) is 31.4 Å². The third kappa shape index (κ3) is 5.09. The highest BCUT2D eigenvalue weighted by Crippen LogP contribution is 2.22. The summed E-state index contributed by atoms with van der Waals surface area (Å²) in [6, 6.07) is 5.29. The largest absolute Gasteiger partial charge is 0.469 e. The van der Waals surface area contributed by atoms with Crippen LogP contribution in [0.15, 0.2) is 24.3 Å². The SMILES string of the molecule is COC(=O)CCCS(=O)(=O)N(C)C(C)c1ccc(F)cc1. The Kier molecular flexibility index (Phi) is 6.29. The third-order valence-corrected chi connectivity index (χ3v) is 5.35. The molecule has 1 aromatic carbocycles. The van der Waals surface area contributed by atoms with Crippen LogP contribution >= 0.6 is 0 Å². The van der Waals surface area contributed by atoms with Crippen LogP contribution in [0.25, 0.3) is 0 Å². The number of carbonyl (C=O) groups is 1. The van der Waals surface area contributed by atoms with E-state index < -0.39 is 22.0 Å². The van der Waals surface area contributed by atoms with Crippen molar-refractivity contribution >= 4 is 16.0 Å². The monoisotopic (exact) mass is 317 g/mol. The van der Waals surface area contributed by atoms with Crippen molar-refractivity contribution in [2.24, 2.45) is 0 Å². The lowest BCUT2D eigenvalue weighted by atomic mass is 10.1. The van der Waals surface area contributed by atoms with Gasteiger partial charge < -0.3 is 4.74 Å². The molecule has 1 aromatic rings. The van der Waals surface area contributed by atoms with Gasteiger partial charge in [-0.15, -0.1) is 0 Å². The highest BCUT2D eigenvalue weighted by atomic mass is 32.2. The van der Waals surface area contributed by atoms with Gasteiger partial charge in [0.05, 0.1) is 12.9 Å². The third-order valence-electron chi connectivity index (χ3n) is 3.35. The molecule has 0 amide bonds. The lowest BCUT2D eigenvalue weighted by Crippen LogP contribution is -2.32. The van der Waals surface area contributed by atoms with E-state index in [0.717, 1.165) is 0 Å². The smallest absolute Gasteiger partial charge is 0.305 e. The number of nitrogens with zero attached hydrogens (tertiary/aromatic N) is 1. The molecule has 0 aromatic heterocycles. The summed E-state index contributed by atoms with van der Waals surface area (Å²) in [5.74, 6) is -0.932. The normalized spacial score (nSPS) is 13.2. The molecule has 1 unspecified atom stereocenters. The van der Waals surface area contributed by atoms with E-state index in [1.807, 2.05) is 0 Å². The molecule has 0 N–H and O–H groups in total. The fraction of sp³-hybridized carbons (Fsp3) is 0.500. The van der Waals surface area contributed by atoms with Gasteiger partial charge in [0.15, 0.2) is 0 Å². The summed E-state index contributed by atoms with van der Waals surface area (Å²) in [6.07, 6.45) is 0.268. The molecule has 0 saturated carbocycles. The fourth-order valence-electron chi connectivity index (χ4n) is 1.84. The van der Waals surface area contributed by atoms with E-state index in [2.05, 4.69) is 4.74 Å². The Morgan fingerprint density at radius 1 is 1.33 bits per heavy atom. The molecule has 0 fully saturated rings. The molecule has 0 aliphatic carbocycles. The zero-order valence-electron chi connectivity index (χ0n) is 12.4. The van der Waals surface area contributed by atoms with Crippen LogP contribution in [0.2, 0.25) is 0 Å². The number of sulfonamides is 1. The quantitative estimate of drug-likeness (QED) is 0.723. The Morgan fingerprint density at radius 2 is 1.90 bits per heavy atom. The predicted octanol–water partition coefficient (Wildman–Crippen LogP) is 2.10. The van der Waals surface area contributed by atoms with Crippen molar-refractivity contribution in [1.82, 2.24) is 4.31 Å². The van der Waals surface area contributed by atoms with E-state index in [1.54, 1.807) is 19.1 Å². The molecule has 1 rings (SSSR count). The number of hydrogen-bond acceptors (Lipinski definition) is 4. The van der Waals surface area contributed by atoms with Gasteiger partial charge in [-0.1, -0.05) is 12.1 Å². The van der Waals surface area contributed by atoms with Gasteiger partial charge in [-0.05, 0) is 31.0 Å². The molecule has 0 aliphatic rings. The molecule has 0 spiro atoms. The molecule has 7 heteroatoms. The molecule has 5 nitrogen and oxygen atoms in total. The maximum absolute atomic E-state index is 12.9. The molecule has 0 radical (unpaired) electrons. The number of methoxy groups -OCH3 is 1. The summed E-state index contributed by atoms with van der Waals surface area (Å²) in [6.45, 7) is 1.73. The van der Waals surface area contributed by atoms with Gasteiger partial charge in [0.25, 0.3) is 0 Å². The minimum absolute atomic E-state index is 0.0640. The van der Waals surface area contributed by atoms with Crippen molar-refractivity contribution < 1.29 is 22.3 Å². The van der Waals surface area contributed by atoms with Gasteiger partial charge in [-0.25, -0.2) is 12.8 Å². The Labute approximate surface area is 124 Å². The van der Waals surface area contributed by atoms with E-state index in [9.17, 15) is 17.6 Å². The molecule has 0 saturated heterocycles. The van der Waals surface area contributed by atoms with Crippen molar-refractivity contribution in [2.75, 3.05) is 19.9 Å². The summed E-state index contributed by atoms with van der Waals surface area (Å²) in [4.78, 5) is 11.0. The second-order valence-electron chi connectivity index (χ2n) is 4.74. The maximum Gasteiger partial charge on any atom is 0.305 e. The fourth-order valence-corrected chi connectivity index (χ4v) is 3.24. The average Bonchev–Trinajstić information content (AvgIpc) is 2.46. The summed E-state index contributed by atoms with van der Waals surface area (Å²) in [5.41, 5.74) is 0.704. The van der Waals surface area contributed by atoms with Gasteiger partial charge in [0, 0.05) is 19.5 Å². The summed E-state index contributed by atoms with van der Waals surface area (Å²) >= 11 is 0. The van der Waals surface area contributed by atoms with Crippen molar-refractivity contribution in [3.8, 4) is 0 Å². The Bertz CT molecular complexity index is 571. The van der Waals surface area contributed by atoms with Crippen molar-refractivity contribution in [3.05, 3.63) is 35.6 Å². The highest BCUT2D eigenvalue weighted by molar-refractivity contribution is 7.89. The average molecular weight is 317 g/mol. The molecule has 0 heterocycles. The van der Waals surface area contributed by atoms with Crippen LogP contribution in [0, 0.1) is 5.82 Å². The first-order valence-electron chi connectivity index (χ1n) is 6.56. The van der Waals surface area contributed by atoms with Gasteiger partial charge in [0.2, 0.25) is 10.0 Å². The molecule has 0 bridgehead atoms. The molecule has 0 aliphatic heterocycles. The highest BCUT2D eigenvalue weighted by Gasteiger charge is 2.24. The van der Waals surface area contributed by atoms with Crippen LogP contribution < -0.4 is 0 Å². The molecular weight excluding hydrogens is 297 g/mol. The summed E-state index contributed by atoms with van der Waals surface area (Å²) < 4.78 is 43.0. The Balaban J connectivity index is 2.69. The summed E-state index contributed by atoms with van der Waals surface area (Å²) in [5, 5.41) is 0. The topological polar surface area (TPSA) is 63.7 Å². The van der Waals surface area contributed by atoms with Gasteiger partial charge >= 0.3 is 5.97 Å². The lowest BCUT2D eigenvalue weighted by molar-refractivity contribution is -0.140. The van der Waals surface area contributed by atoms with Crippen LogP contribution in [0.3, 0.4) is 0 Å². The van der Waals surface area contributed by atoms with Crippen molar-refractivity contribution in [2.45, 2.75) is 25.8 Å². The minimum Gasteiger partial charge on any atom is -0.469 e. The number of benzene rings is 1. The predicted molar refractivity (Wildman–Crippen MR) is 77.6 cm³/mol. The first-order chi connectivity index (χ1) is 9.77. The molecule has 1 atom stereocenters. The van der Waals surface area contributed by atoms with E-state index >= 15 is 0 Å². The Morgan fingerprint density at radius 3 is 2.43 bits per heavy atom. The number of hydrogen-bond donors (Lipinski definition) is 0. The number of halogens is 1. The lowest BCUT2D eigenvalue weighted by Gasteiger charge is -2.24. The van der Waals surface area contributed by atoms with Crippen LogP contribution in [-0.2, 0) is 19.6 Å². The van der Waals surface area contributed by atoms with E-state index in [1.165, 1.54) is 30.6 Å². The van der Waals surface area contributed by atoms with Gasteiger partial charge in [-0.2, -0.15) is 4.31 Å². The van der Waals surface area contributed by atoms with Gasteiger partial charge in [-0.3, -0.25) is 4.79 Å². The van der Waals surface area contributed by atoms with Crippen LogP contribution in [0.5, 0.6) is 0 Å². The minimum atomic E-state index is -3.49. The van der Waals surface area contributed by atoms with Crippen LogP contribution in [-0.4, -0.2) is 38.6 Å². The number of carbonyl (C=O) groups excluding carboxylic acids is 1.